The van der Waals surface area contributed by atoms with E-state index in [9.17, 15) is 0 Å². The van der Waals surface area contributed by atoms with E-state index in [1.54, 1.807) is 12.1 Å². The van der Waals surface area contributed by atoms with Gasteiger partial charge < -0.3 is 4.85 Å². The Hall–Kier alpha value is -2.72. The van der Waals surface area contributed by atoms with Crippen molar-refractivity contribution < 1.29 is 0 Å². The second kappa shape index (κ2) is 9.33. The van der Waals surface area contributed by atoms with Gasteiger partial charge in [-0.2, -0.15) is 5.26 Å². The molecule has 0 aliphatic heterocycles. The van der Waals surface area contributed by atoms with Crippen LogP contribution in [0, 0.1) is 17.9 Å². The Labute approximate surface area is 137 Å². The van der Waals surface area contributed by atoms with Crippen LogP contribution < -0.4 is 0 Å². The van der Waals surface area contributed by atoms with Crippen molar-refractivity contribution in [3.63, 3.8) is 0 Å². The van der Waals surface area contributed by atoms with Gasteiger partial charge in [0.25, 0.3) is 5.82 Å². The minimum Gasteiger partial charge on any atom is -0.361 e. The van der Waals surface area contributed by atoms with E-state index in [0.29, 0.717) is 11.5 Å². The fraction of sp³-hybridized carbons (Fsp3) is 0.368. The molecule has 0 aromatic carbocycles. The monoisotopic (exact) mass is 304 g/mol. The van der Waals surface area contributed by atoms with Crippen molar-refractivity contribution >= 4 is 5.82 Å². The van der Waals surface area contributed by atoms with E-state index < -0.39 is 0 Å². The van der Waals surface area contributed by atoms with E-state index >= 15 is 0 Å². The highest BCUT2D eigenvalue weighted by molar-refractivity contribution is 5.35. The molecule has 116 valence electrons. The molecule has 0 aliphatic carbocycles. The minimum atomic E-state index is 0.481. The zero-order valence-electron chi connectivity index (χ0n) is 13.2. The highest BCUT2D eigenvalue weighted by Gasteiger charge is 2.01. The van der Waals surface area contributed by atoms with Gasteiger partial charge in [-0.25, -0.2) is 4.98 Å². The van der Waals surface area contributed by atoms with Gasteiger partial charge in [-0.05, 0) is 43.5 Å². The maximum Gasteiger partial charge on any atom is 0.269 e. The van der Waals surface area contributed by atoms with E-state index in [4.69, 9.17) is 11.8 Å². The molecule has 4 nitrogen and oxygen atoms in total. The van der Waals surface area contributed by atoms with Gasteiger partial charge in [-0.1, -0.05) is 38.0 Å². The van der Waals surface area contributed by atoms with Gasteiger partial charge in [-0.3, -0.25) is 0 Å². The van der Waals surface area contributed by atoms with Crippen molar-refractivity contribution in [1.82, 2.24) is 9.97 Å². The predicted octanol–water partition coefficient (Wildman–Crippen LogP) is 4.63. The number of nitrogens with zero attached hydrogens (tertiary/aromatic N) is 4. The first kappa shape index (κ1) is 16.6. The summed E-state index contributed by atoms with van der Waals surface area (Å²) in [4.78, 5) is 11.9. The first-order chi connectivity index (χ1) is 11.3. The first-order valence-electron chi connectivity index (χ1n) is 8.01. The lowest BCUT2D eigenvalue weighted by Gasteiger charge is -2.02. The molecule has 2 rings (SSSR count). The van der Waals surface area contributed by atoms with Gasteiger partial charge in [0.2, 0.25) is 0 Å². The van der Waals surface area contributed by atoms with Crippen molar-refractivity contribution in [2.75, 3.05) is 0 Å². The lowest BCUT2D eigenvalue weighted by atomic mass is 10.1. The van der Waals surface area contributed by atoms with Crippen LogP contribution in [0.4, 0.5) is 5.82 Å². The van der Waals surface area contributed by atoms with Crippen LogP contribution in [0.15, 0.2) is 36.4 Å². The summed E-state index contributed by atoms with van der Waals surface area (Å²) in [6, 6.07) is 13.3. The lowest BCUT2D eigenvalue weighted by Crippen LogP contribution is -1.93. The Morgan fingerprint density at radius 3 is 2.13 bits per heavy atom. The Bertz CT molecular complexity index is 648. The Morgan fingerprint density at radius 1 is 0.870 bits per heavy atom. The molecule has 0 bridgehead atoms. The highest BCUT2D eigenvalue weighted by atomic mass is 14.9. The molecule has 0 fully saturated rings. The number of hydrogen-bond donors (Lipinski definition) is 0. The van der Waals surface area contributed by atoms with Gasteiger partial charge in [0.1, 0.15) is 17.5 Å². The minimum absolute atomic E-state index is 0.481. The molecule has 0 saturated heterocycles. The van der Waals surface area contributed by atoms with Crippen LogP contribution >= 0.6 is 0 Å². The number of rotatable bonds is 8. The first-order valence-corrected chi connectivity index (χ1v) is 8.01. The molecule has 0 radical (unpaired) electrons. The molecule has 0 unspecified atom stereocenters. The Kier molecular flexibility index (Phi) is 6.75. The van der Waals surface area contributed by atoms with E-state index in [1.807, 2.05) is 24.3 Å². The molecular formula is C19H20N4. The second-order valence-electron chi connectivity index (χ2n) is 5.49. The van der Waals surface area contributed by atoms with Gasteiger partial charge >= 0.3 is 0 Å². The summed E-state index contributed by atoms with van der Waals surface area (Å²) in [5, 5.41) is 8.82. The number of pyridine rings is 2. The molecule has 2 aromatic rings. The molecule has 0 aliphatic rings. The highest BCUT2D eigenvalue weighted by Crippen LogP contribution is 2.12. The van der Waals surface area contributed by atoms with E-state index in [-0.39, 0.29) is 0 Å². The third-order valence-electron chi connectivity index (χ3n) is 3.69. The summed E-state index contributed by atoms with van der Waals surface area (Å²) in [6.45, 7) is 6.97. The fourth-order valence-corrected chi connectivity index (χ4v) is 2.49. The van der Waals surface area contributed by atoms with Crippen LogP contribution in [-0.4, -0.2) is 9.97 Å². The van der Waals surface area contributed by atoms with Crippen LogP contribution in [-0.2, 0) is 12.8 Å². The van der Waals surface area contributed by atoms with Crippen LogP contribution in [0.5, 0.6) is 0 Å². The molecule has 0 atom stereocenters. The zero-order valence-corrected chi connectivity index (χ0v) is 13.2. The molecule has 0 spiro atoms. The van der Waals surface area contributed by atoms with E-state index in [2.05, 4.69) is 20.9 Å². The van der Waals surface area contributed by atoms with Crippen molar-refractivity contribution in [3.05, 3.63) is 64.9 Å². The number of hydrogen-bond acceptors (Lipinski definition) is 3. The van der Waals surface area contributed by atoms with Crippen molar-refractivity contribution in [1.29, 1.82) is 5.26 Å². The largest absolute Gasteiger partial charge is 0.361 e. The number of nitriles is 1. The standard InChI is InChI=1S/C19H20N4/c1-21-19-14-8-12-17(23-19)10-6-4-2-3-5-9-16-11-7-13-18(15-20)22-16/h7-8,11-14H,2-6,9-10H2. The smallest absolute Gasteiger partial charge is 0.269 e. The molecule has 0 amide bonds. The summed E-state index contributed by atoms with van der Waals surface area (Å²) < 4.78 is 0. The summed E-state index contributed by atoms with van der Waals surface area (Å²) in [5.41, 5.74) is 2.51. The number of aromatic nitrogens is 2. The Balaban J connectivity index is 1.59. The van der Waals surface area contributed by atoms with Gasteiger partial charge in [-0.15, -0.1) is 4.98 Å². The molecule has 23 heavy (non-hydrogen) atoms. The molecule has 0 N–H and O–H groups in total. The maximum atomic E-state index is 8.82. The molecule has 0 saturated carbocycles. The molecule has 2 heterocycles. The van der Waals surface area contributed by atoms with Gasteiger partial charge in [0, 0.05) is 12.1 Å². The van der Waals surface area contributed by atoms with Crippen LogP contribution in [0.1, 0.15) is 49.2 Å². The normalized spacial score (nSPS) is 10.0. The number of unbranched alkanes of at least 4 members (excludes halogenated alkanes) is 4. The SMILES string of the molecule is [C-]#[N+]c1cccc(CCCCCCCc2cccc(C#N)n2)n1. The topological polar surface area (TPSA) is 53.9 Å². The average molecular weight is 304 g/mol. The van der Waals surface area contributed by atoms with Crippen LogP contribution in [0.2, 0.25) is 0 Å². The van der Waals surface area contributed by atoms with E-state index in [1.165, 1.54) is 19.3 Å². The molecule has 4 heteroatoms. The van der Waals surface area contributed by atoms with Crippen molar-refractivity contribution in [3.8, 4) is 6.07 Å². The van der Waals surface area contributed by atoms with Crippen LogP contribution in [0.25, 0.3) is 4.85 Å². The van der Waals surface area contributed by atoms with Crippen molar-refractivity contribution in [2.45, 2.75) is 44.9 Å². The lowest BCUT2D eigenvalue weighted by molar-refractivity contribution is 0.607. The second-order valence-corrected chi connectivity index (χ2v) is 5.49. The van der Waals surface area contributed by atoms with Crippen LogP contribution in [0.3, 0.4) is 0 Å². The third kappa shape index (κ3) is 5.88. The van der Waals surface area contributed by atoms with Crippen molar-refractivity contribution in [2.24, 2.45) is 0 Å². The quantitative estimate of drug-likeness (QED) is 0.527. The summed E-state index contributed by atoms with van der Waals surface area (Å²) in [6.07, 6.45) is 7.63. The summed E-state index contributed by atoms with van der Waals surface area (Å²) >= 11 is 0. The molecule has 2 aromatic heterocycles. The maximum absolute atomic E-state index is 8.82. The molecular weight excluding hydrogens is 284 g/mol. The van der Waals surface area contributed by atoms with Gasteiger partial charge in [0.05, 0.1) is 0 Å². The van der Waals surface area contributed by atoms with E-state index in [0.717, 1.165) is 37.1 Å². The Morgan fingerprint density at radius 2 is 1.48 bits per heavy atom. The third-order valence-corrected chi connectivity index (χ3v) is 3.69. The zero-order chi connectivity index (χ0) is 16.3. The van der Waals surface area contributed by atoms with Gasteiger partial charge in [0.15, 0.2) is 0 Å². The summed E-state index contributed by atoms with van der Waals surface area (Å²) in [7, 11) is 0. The predicted molar refractivity (Wildman–Crippen MR) is 89.9 cm³/mol. The summed E-state index contributed by atoms with van der Waals surface area (Å²) in [5.74, 6) is 0.481. The average Bonchev–Trinajstić information content (AvgIpc) is 2.61. The fourth-order valence-electron chi connectivity index (χ4n) is 2.49. The number of aryl methyl sites for hydroxylation is 2.